The molecule has 1 aliphatic heterocycles. The predicted octanol–water partition coefficient (Wildman–Crippen LogP) is 8.43. The van der Waals surface area contributed by atoms with E-state index < -0.39 is 19.2 Å². The van der Waals surface area contributed by atoms with Crippen LogP contribution < -0.4 is 0 Å². The minimum atomic E-state index is -4.04. The Balaban J connectivity index is 1.57. The zero-order valence-electron chi connectivity index (χ0n) is 25.6. The molecule has 0 unspecified atom stereocenters. The Kier molecular flexibility index (Phi) is 9.89. The van der Waals surface area contributed by atoms with Crippen LogP contribution in [0.1, 0.15) is 62.0 Å². The summed E-state index contributed by atoms with van der Waals surface area (Å²) in [5.74, 6) is 0.901. The summed E-state index contributed by atoms with van der Waals surface area (Å²) in [5.41, 5.74) is 4.60. The molecule has 45 heavy (non-hydrogen) atoms. The van der Waals surface area contributed by atoms with E-state index in [0.717, 1.165) is 67.5 Å². The molecule has 6 rings (SSSR count). The van der Waals surface area contributed by atoms with E-state index in [0.29, 0.717) is 23.2 Å². The molecular weight excluding hydrogens is 667 g/mol. The molecule has 3 heterocycles. The first-order valence-corrected chi connectivity index (χ1v) is 21.9. The van der Waals surface area contributed by atoms with Gasteiger partial charge in [0.1, 0.15) is 0 Å². The SMILES string of the molecule is CCC[CH2][Sn]1([CH2]CCC)[O]C(c2ccccc2)=NN=Cc2ccc3ccc4ccc(nc4c3n2)C=NN=C(c2ccccc2)[O]1. The van der Waals surface area contributed by atoms with Crippen molar-refractivity contribution in [2.45, 2.75) is 48.4 Å². The van der Waals surface area contributed by atoms with Crippen LogP contribution in [0.3, 0.4) is 0 Å². The second-order valence-corrected chi connectivity index (χ2v) is 20.3. The van der Waals surface area contributed by atoms with Crippen molar-refractivity contribution in [3.63, 3.8) is 0 Å². The topological polar surface area (TPSA) is 93.7 Å². The van der Waals surface area contributed by atoms with Gasteiger partial charge in [0.2, 0.25) is 0 Å². The fourth-order valence-electron chi connectivity index (χ4n) is 5.25. The molecule has 0 saturated heterocycles. The third-order valence-corrected chi connectivity index (χ3v) is 17.3. The predicted molar refractivity (Wildman–Crippen MR) is 186 cm³/mol. The first-order valence-electron chi connectivity index (χ1n) is 15.6. The normalized spacial score (nSPS) is 14.7. The molecule has 0 fully saturated rings. The Hall–Kier alpha value is -4.44. The number of pyridine rings is 2. The molecule has 226 valence electrons. The van der Waals surface area contributed by atoms with Crippen LogP contribution in [0.2, 0.25) is 8.87 Å². The van der Waals surface area contributed by atoms with Gasteiger partial charge in [-0.3, -0.25) is 0 Å². The van der Waals surface area contributed by atoms with E-state index in [1.165, 1.54) is 0 Å². The van der Waals surface area contributed by atoms with Crippen molar-refractivity contribution in [3.05, 3.63) is 120 Å². The number of rotatable bonds is 8. The molecule has 0 amide bonds. The number of aromatic nitrogens is 2. The van der Waals surface area contributed by atoms with Crippen molar-refractivity contribution < 1.29 is 6.15 Å². The summed E-state index contributed by atoms with van der Waals surface area (Å²) in [4.78, 5) is 9.82. The van der Waals surface area contributed by atoms with Crippen molar-refractivity contribution in [2.24, 2.45) is 20.4 Å². The Morgan fingerprint density at radius 2 is 0.956 bits per heavy atom. The van der Waals surface area contributed by atoms with Crippen molar-refractivity contribution in [2.75, 3.05) is 0 Å². The number of hydrogen-bond donors (Lipinski definition) is 0. The van der Waals surface area contributed by atoms with Gasteiger partial charge in [-0.05, 0) is 0 Å². The van der Waals surface area contributed by atoms with Gasteiger partial charge in [0.15, 0.2) is 0 Å². The van der Waals surface area contributed by atoms with Crippen LogP contribution in [0.25, 0.3) is 21.8 Å². The molecule has 0 aliphatic carbocycles. The van der Waals surface area contributed by atoms with Crippen LogP contribution in [-0.2, 0) is 6.15 Å². The zero-order chi connectivity index (χ0) is 30.9. The Morgan fingerprint density at radius 1 is 0.533 bits per heavy atom. The fourth-order valence-corrected chi connectivity index (χ4v) is 15.3. The summed E-state index contributed by atoms with van der Waals surface area (Å²) < 4.78 is 15.9. The van der Waals surface area contributed by atoms with Crippen LogP contribution in [-0.4, -0.2) is 53.4 Å². The van der Waals surface area contributed by atoms with E-state index in [2.05, 4.69) is 46.4 Å². The van der Waals surface area contributed by atoms with Gasteiger partial charge in [0.05, 0.1) is 0 Å². The monoisotopic (exact) mass is 704 g/mol. The molecule has 1 aliphatic rings. The van der Waals surface area contributed by atoms with Gasteiger partial charge in [-0.25, -0.2) is 0 Å². The minimum absolute atomic E-state index is 0.451. The second-order valence-electron chi connectivity index (χ2n) is 11.0. The van der Waals surface area contributed by atoms with Gasteiger partial charge in [-0.15, -0.1) is 0 Å². The maximum atomic E-state index is 7.09. The van der Waals surface area contributed by atoms with Crippen LogP contribution in [0.4, 0.5) is 0 Å². The fraction of sp³-hybridized carbons (Fsp3) is 0.222. The molecule has 2 aromatic heterocycles. The average molecular weight is 703 g/mol. The molecule has 0 N–H and O–H groups in total. The van der Waals surface area contributed by atoms with Gasteiger partial charge < -0.3 is 0 Å². The van der Waals surface area contributed by atoms with E-state index >= 15 is 0 Å². The molecule has 4 bridgehead atoms. The summed E-state index contributed by atoms with van der Waals surface area (Å²) in [5, 5.41) is 20.4. The summed E-state index contributed by atoms with van der Waals surface area (Å²) in [7, 11) is 0. The second kappa shape index (κ2) is 14.6. The zero-order valence-corrected chi connectivity index (χ0v) is 28.5. The van der Waals surface area contributed by atoms with Crippen molar-refractivity contribution in [1.29, 1.82) is 0 Å². The quantitative estimate of drug-likeness (QED) is 0.120. The van der Waals surface area contributed by atoms with Gasteiger partial charge in [0.25, 0.3) is 0 Å². The summed E-state index contributed by atoms with van der Waals surface area (Å²) in [6, 6.07) is 31.9. The van der Waals surface area contributed by atoms with Gasteiger partial charge >= 0.3 is 270 Å². The number of unbranched alkanes of at least 4 members (excludes halogenated alkanes) is 2. The molecule has 0 spiro atoms. The van der Waals surface area contributed by atoms with E-state index in [-0.39, 0.29) is 0 Å². The first kappa shape index (κ1) is 30.6. The van der Waals surface area contributed by atoms with E-state index in [4.69, 9.17) is 16.1 Å². The molecular formula is C36H36N6O2Sn. The number of nitrogens with zero attached hydrogens (tertiary/aromatic N) is 6. The van der Waals surface area contributed by atoms with Crippen molar-refractivity contribution >= 4 is 65.2 Å². The number of benzene rings is 3. The first-order chi connectivity index (χ1) is 22.2. The number of hydrogen-bond acceptors (Lipinski definition) is 8. The van der Waals surface area contributed by atoms with E-state index in [1.54, 1.807) is 12.4 Å². The average Bonchev–Trinajstić information content (AvgIpc) is 3.09. The molecule has 0 saturated carbocycles. The van der Waals surface area contributed by atoms with Gasteiger partial charge in [0, 0.05) is 0 Å². The van der Waals surface area contributed by atoms with Crippen molar-refractivity contribution in [1.82, 2.24) is 9.97 Å². The molecule has 9 heteroatoms. The third-order valence-electron chi connectivity index (χ3n) is 7.67. The van der Waals surface area contributed by atoms with Gasteiger partial charge in [-0.2, -0.15) is 0 Å². The van der Waals surface area contributed by atoms with Crippen LogP contribution in [0.5, 0.6) is 0 Å². The molecule has 0 atom stereocenters. The summed E-state index contributed by atoms with van der Waals surface area (Å²) in [6.45, 7) is 4.38. The number of fused-ring (bicyclic) bond motifs is 2. The van der Waals surface area contributed by atoms with Crippen molar-refractivity contribution in [3.8, 4) is 0 Å². The van der Waals surface area contributed by atoms with Crippen LogP contribution >= 0.6 is 0 Å². The molecule has 3 aromatic carbocycles. The maximum absolute atomic E-state index is 7.09. The van der Waals surface area contributed by atoms with E-state index in [1.807, 2.05) is 84.9 Å². The summed E-state index contributed by atoms with van der Waals surface area (Å²) >= 11 is -4.04. The molecule has 5 aromatic rings. The third kappa shape index (κ3) is 7.45. The molecule has 0 radical (unpaired) electrons. The molecule has 8 nitrogen and oxygen atoms in total. The summed E-state index contributed by atoms with van der Waals surface area (Å²) in [6.07, 6.45) is 7.33. The van der Waals surface area contributed by atoms with Crippen LogP contribution in [0, 0.1) is 0 Å². The van der Waals surface area contributed by atoms with E-state index in [9.17, 15) is 0 Å². The van der Waals surface area contributed by atoms with Gasteiger partial charge in [-0.1, -0.05) is 0 Å². The van der Waals surface area contributed by atoms with Crippen LogP contribution in [0.15, 0.2) is 117 Å². The Morgan fingerprint density at radius 3 is 1.38 bits per heavy atom. The Bertz CT molecular complexity index is 1750. The Labute approximate surface area is 268 Å². The standard InChI is InChI=1S/C28H20N6O2.2C4H9.Sn/c35-27(21-7-3-1-4-8-21)33-29-17-23-15-13-19-11-12-20-14-16-24(32-26(20)25(19)31-23)18-30-34-28(36)22-9-5-2-6-10-22;2*1-3-4-2;/h1-18H,(H,33,35)(H,34,36);2*1,3-4H2,2H3;/q;;;+2/p-2.